The molecule has 0 unspecified atom stereocenters. The van der Waals surface area contributed by atoms with E-state index in [1.54, 1.807) is 22.1 Å². The number of hydrogen-bond acceptors (Lipinski definition) is 0. The molecule has 0 saturated carbocycles. The molecule has 6 aromatic carbocycles. The molecule has 0 atom stereocenters. The van der Waals surface area contributed by atoms with Crippen molar-refractivity contribution in [3.05, 3.63) is 120 Å². The van der Waals surface area contributed by atoms with Crippen LogP contribution in [0.25, 0.3) is 66.1 Å². The monoisotopic (exact) mass is 572 g/mol. The lowest BCUT2D eigenvalue weighted by atomic mass is 9.78. The first kappa shape index (κ1) is 28.6. The molecule has 0 heterocycles. The first-order chi connectivity index (χ1) is 21.8. The van der Waals surface area contributed by atoms with Crippen molar-refractivity contribution < 1.29 is 0 Å². The van der Waals surface area contributed by atoms with Crippen LogP contribution >= 0.6 is 0 Å². The van der Waals surface area contributed by atoms with Crippen molar-refractivity contribution in [2.45, 2.75) is 78.6 Å². The smallest absolute Gasteiger partial charge is 0.000152 e. The van der Waals surface area contributed by atoms with Crippen LogP contribution in [0.1, 0.15) is 76.0 Å². The van der Waals surface area contributed by atoms with Gasteiger partial charge in [0.1, 0.15) is 0 Å². The van der Waals surface area contributed by atoms with Crippen LogP contribution in [0.2, 0.25) is 0 Å². The molecule has 1 aliphatic rings. The molecule has 1 aliphatic carbocycles. The molecular weight excluding hydrogens is 528 g/mol. The van der Waals surface area contributed by atoms with Crippen molar-refractivity contribution in [1.82, 2.24) is 0 Å². The van der Waals surface area contributed by atoms with E-state index in [1.165, 1.54) is 99.2 Å². The topological polar surface area (TPSA) is 0 Å². The van der Waals surface area contributed by atoms with Gasteiger partial charge in [-0.25, -0.2) is 0 Å². The molecule has 6 aromatic rings. The molecule has 0 N–H and O–H groups in total. The van der Waals surface area contributed by atoms with E-state index in [2.05, 4.69) is 124 Å². The van der Waals surface area contributed by atoms with E-state index in [1.807, 2.05) is 0 Å². The second-order valence-corrected chi connectivity index (χ2v) is 12.7. The summed E-state index contributed by atoms with van der Waals surface area (Å²) in [5.41, 5.74) is 16.0. The van der Waals surface area contributed by atoms with Gasteiger partial charge in [-0.1, -0.05) is 143 Å². The van der Waals surface area contributed by atoms with Crippen LogP contribution in [-0.4, -0.2) is 0 Å². The van der Waals surface area contributed by atoms with Gasteiger partial charge in [-0.2, -0.15) is 0 Å². The summed E-state index contributed by atoms with van der Waals surface area (Å²) >= 11 is 0. The van der Waals surface area contributed by atoms with Crippen LogP contribution in [-0.2, 0) is 19.3 Å². The van der Waals surface area contributed by atoms with Crippen LogP contribution in [0.4, 0.5) is 0 Å². The van der Waals surface area contributed by atoms with Crippen molar-refractivity contribution >= 4 is 21.5 Å². The molecule has 0 radical (unpaired) electrons. The SMILES string of the molecule is CCCCc1cc2c3c(c(-c4ccccc4)c(-c4ccccc4)c(CCCC)c3c1CCCC)-c1c-2ccc2ccccc12. The van der Waals surface area contributed by atoms with E-state index in [4.69, 9.17) is 0 Å². The maximum Gasteiger partial charge on any atom is -0.000152 e. The van der Waals surface area contributed by atoms with Gasteiger partial charge in [0.15, 0.2) is 0 Å². The highest BCUT2D eigenvalue weighted by molar-refractivity contribution is 6.28. The molecule has 0 aliphatic heterocycles. The van der Waals surface area contributed by atoms with Crippen LogP contribution in [0.5, 0.6) is 0 Å². The maximum absolute atomic E-state index is 2.62. The van der Waals surface area contributed by atoms with Crippen molar-refractivity contribution in [3.8, 4) is 44.5 Å². The third-order valence-corrected chi connectivity index (χ3v) is 9.84. The maximum atomic E-state index is 2.62. The summed E-state index contributed by atoms with van der Waals surface area (Å²) in [7, 11) is 0. The molecular formula is C44H44. The Morgan fingerprint density at radius 3 is 1.70 bits per heavy atom. The summed E-state index contributed by atoms with van der Waals surface area (Å²) in [6, 6.07) is 39.0. The Kier molecular flexibility index (Phi) is 8.09. The van der Waals surface area contributed by atoms with Gasteiger partial charge in [0.25, 0.3) is 0 Å². The van der Waals surface area contributed by atoms with E-state index in [-0.39, 0.29) is 0 Å². The van der Waals surface area contributed by atoms with Gasteiger partial charge in [-0.3, -0.25) is 0 Å². The minimum atomic E-state index is 1.10. The second kappa shape index (κ2) is 12.4. The molecule has 0 nitrogen and oxygen atoms in total. The minimum absolute atomic E-state index is 1.10. The van der Waals surface area contributed by atoms with E-state index in [0.29, 0.717) is 0 Å². The lowest BCUT2D eigenvalue weighted by molar-refractivity contribution is 0.760. The fourth-order valence-corrected chi connectivity index (χ4v) is 7.78. The van der Waals surface area contributed by atoms with E-state index >= 15 is 0 Å². The molecule has 0 heteroatoms. The highest BCUT2D eigenvalue weighted by Crippen LogP contribution is 2.58. The van der Waals surface area contributed by atoms with Gasteiger partial charge in [-0.05, 0) is 121 Å². The fraction of sp³-hybridized carbons (Fsp3) is 0.273. The Morgan fingerprint density at radius 1 is 0.432 bits per heavy atom. The zero-order chi connectivity index (χ0) is 30.0. The summed E-state index contributed by atoms with van der Waals surface area (Å²) in [5, 5.41) is 5.77. The third kappa shape index (κ3) is 4.76. The molecule has 0 spiro atoms. The quantitative estimate of drug-likeness (QED) is 0.145. The molecule has 220 valence electrons. The second-order valence-electron chi connectivity index (χ2n) is 12.7. The lowest BCUT2D eigenvalue weighted by Gasteiger charge is -2.25. The van der Waals surface area contributed by atoms with Gasteiger partial charge >= 0.3 is 0 Å². The summed E-state index contributed by atoms with van der Waals surface area (Å²) < 4.78 is 0. The van der Waals surface area contributed by atoms with Gasteiger partial charge in [0.05, 0.1) is 0 Å². The predicted octanol–water partition coefficient (Wildman–Crippen LogP) is 13.0. The Bertz CT molecular complexity index is 1940. The summed E-state index contributed by atoms with van der Waals surface area (Å²) in [4.78, 5) is 0. The molecule has 0 fully saturated rings. The van der Waals surface area contributed by atoms with Crippen LogP contribution in [0, 0.1) is 0 Å². The van der Waals surface area contributed by atoms with Gasteiger partial charge in [0, 0.05) is 0 Å². The van der Waals surface area contributed by atoms with E-state index < -0.39 is 0 Å². The number of aryl methyl sites for hydroxylation is 3. The molecule has 0 saturated heterocycles. The predicted molar refractivity (Wildman–Crippen MR) is 193 cm³/mol. The number of rotatable bonds is 11. The van der Waals surface area contributed by atoms with Crippen molar-refractivity contribution in [3.63, 3.8) is 0 Å². The van der Waals surface area contributed by atoms with Crippen LogP contribution < -0.4 is 0 Å². The van der Waals surface area contributed by atoms with Crippen LogP contribution in [0.15, 0.2) is 103 Å². The van der Waals surface area contributed by atoms with Gasteiger partial charge < -0.3 is 0 Å². The highest BCUT2D eigenvalue weighted by atomic mass is 14.4. The average molecular weight is 573 g/mol. The Balaban J connectivity index is 1.76. The van der Waals surface area contributed by atoms with Gasteiger partial charge in [-0.15, -0.1) is 0 Å². The number of hydrogen-bond donors (Lipinski definition) is 0. The van der Waals surface area contributed by atoms with Crippen LogP contribution in [0.3, 0.4) is 0 Å². The third-order valence-electron chi connectivity index (χ3n) is 9.84. The van der Waals surface area contributed by atoms with Crippen molar-refractivity contribution in [2.24, 2.45) is 0 Å². The number of benzene rings is 6. The van der Waals surface area contributed by atoms with E-state index in [9.17, 15) is 0 Å². The zero-order valence-corrected chi connectivity index (χ0v) is 26.7. The van der Waals surface area contributed by atoms with E-state index in [0.717, 1.165) is 19.3 Å². The first-order valence-corrected chi connectivity index (χ1v) is 17.1. The molecule has 44 heavy (non-hydrogen) atoms. The molecule has 0 aromatic heterocycles. The summed E-state index contributed by atoms with van der Waals surface area (Å²) in [6.07, 6.45) is 10.7. The normalized spacial score (nSPS) is 11.9. The molecule has 0 bridgehead atoms. The average Bonchev–Trinajstić information content (AvgIpc) is 3.41. The highest BCUT2D eigenvalue weighted by Gasteiger charge is 2.33. The molecule has 0 amide bonds. The fourth-order valence-electron chi connectivity index (χ4n) is 7.78. The summed E-state index contributed by atoms with van der Waals surface area (Å²) in [5.74, 6) is 0. The van der Waals surface area contributed by atoms with Crippen molar-refractivity contribution in [2.75, 3.05) is 0 Å². The zero-order valence-electron chi connectivity index (χ0n) is 26.7. The molecule has 7 rings (SSSR count). The Labute approximate surface area is 263 Å². The largest absolute Gasteiger partial charge is 0.0654 e. The summed E-state index contributed by atoms with van der Waals surface area (Å²) in [6.45, 7) is 7.01. The van der Waals surface area contributed by atoms with Crippen molar-refractivity contribution in [1.29, 1.82) is 0 Å². The number of unbranched alkanes of at least 4 members (excludes halogenated alkanes) is 3. The number of fused-ring (bicyclic) bond motifs is 5. The minimum Gasteiger partial charge on any atom is -0.0654 e. The standard InChI is InChI=1S/C44H44/c1-4-7-18-33-29-38-36-28-27-30-19-16-17-26-34(30)41(36)44-40(32-22-14-11-15-23-32)39(31-20-12-10-13-21-31)37(25-9-6-3)42(43(38)44)35(33)24-8-5-2/h10-17,19-23,26-29H,4-9,18,24-25H2,1-3H3. The lowest BCUT2D eigenvalue weighted by Crippen LogP contribution is -2.04. The Morgan fingerprint density at radius 2 is 1.02 bits per heavy atom. The first-order valence-electron chi connectivity index (χ1n) is 17.1. The van der Waals surface area contributed by atoms with Gasteiger partial charge in [0.2, 0.25) is 0 Å². The Hall–Kier alpha value is -4.16.